The summed E-state index contributed by atoms with van der Waals surface area (Å²) in [6.45, 7) is 0.467. The summed E-state index contributed by atoms with van der Waals surface area (Å²) in [5.41, 5.74) is 4.87. The van der Waals surface area contributed by atoms with Crippen LogP contribution in [-0.2, 0) is 22.4 Å². The molecule has 1 fully saturated rings. The molecule has 6 rings (SSSR count). The zero-order valence-electron chi connectivity index (χ0n) is 22.3. The van der Waals surface area contributed by atoms with Gasteiger partial charge in [0.2, 0.25) is 11.8 Å². The highest BCUT2D eigenvalue weighted by Crippen LogP contribution is 2.44. The van der Waals surface area contributed by atoms with E-state index in [9.17, 15) is 9.59 Å². The minimum atomic E-state index is -0.599. The molecule has 0 unspecified atom stereocenters. The first-order valence-corrected chi connectivity index (χ1v) is 13.1. The molecule has 8 nitrogen and oxygen atoms in total. The molecule has 1 aromatic heterocycles. The van der Waals surface area contributed by atoms with Crippen molar-refractivity contribution in [1.29, 1.82) is 0 Å². The van der Waals surface area contributed by atoms with E-state index in [4.69, 9.17) is 14.2 Å². The molecule has 0 spiro atoms. The van der Waals surface area contributed by atoms with E-state index in [-0.39, 0.29) is 18.4 Å². The van der Waals surface area contributed by atoms with Crippen molar-refractivity contribution in [3.63, 3.8) is 0 Å². The molecule has 3 aromatic carbocycles. The Morgan fingerprint density at radius 2 is 1.62 bits per heavy atom. The second-order valence-corrected chi connectivity index (χ2v) is 9.93. The maximum atomic E-state index is 14.0. The number of methoxy groups -OCH3 is 3. The number of carbonyl (C=O) groups is 2. The smallest absolute Gasteiger partial charge is 0.246 e. The predicted octanol–water partition coefficient (Wildman–Crippen LogP) is 4.12. The van der Waals surface area contributed by atoms with E-state index in [0.717, 1.165) is 33.3 Å². The van der Waals surface area contributed by atoms with Crippen LogP contribution < -0.4 is 14.2 Å². The van der Waals surface area contributed by atoms with E-state index in [0.29, 0.717) is 36.6 Å². The van der Waals surface area contributed by atoms with Crippen LogP contribution in [0.1, 0.15) is 28.4 Å². The van der Waals surface area contributed by atoms with Gasteiger partial charge in [-0.25, -0.2) is 0 Å². The van der Waals surface area contributed by atoms with Crippen LogP contribution in [0.25, 0.3) is 10.9 Å². The van der Waals surface area contributed by atoms with Crippen LogP contribution in [-0.4, -0.2) is 67.1 Å². The molecule has 200 valence electrons. The molecule has 39 heavy (non-hydrogen) atoms. The SMILES string of the molecule is COc1ccc(CCN2CC(=O)N3[C@H](c4ccccc4OC)c4[nH]c5ccccc5c4C[C@H]3C2=O)cc1OC. The van der Waals surface area contributed by atoms with Crippen molar-refractivity contribution in [2.24, 2.45) is 0 Å². The zero-order valence-corrected chi connectivity index (χ0v) is 22.3. The monoisotopic (exact) mass is 525 g/mol. The minimum Gasteiger partial charge on any atom is -0.496 e. The van der Waals surface area contributed by atoms with E-state index < -0.39 is 12.1 Å². The van der Waals surface area contributed by atoms with Gasteiger partial charge in [0.05, 0.1) is 27.9 Å². The number of piperazine rings is 1. The lowest BCUT2D eigenvalue weighted by molar-refractivity contribution is -0.158. The molecule has 0 saturated carbocycles. The van der Waals surface area contributed by atoms with Crippen molar-refractivity contribution in [3.8, 4) is 17.2 Å². The highest BCUT2D eigenvalue weighted by atomic mass is 16.5. The molecular formula is C31H31N3O5. The minimum absolute atomic E-state index is 0.0316. The second-order valence-electron chi connectivity index (χ2n) is 9.93. The highest BCUT2D eigenvalue weighted by molar-refractivity contribution is 5.97. The summed E-state index contributed by atoms with van der Waals surface area (Å²) in [6, 6.07) is 20.5. The third-order valence-corrected chi connectivity index (χ3v) is 7.89. The lowest BCUT2D eigenvalue weighted by Crippen LogP contribution is -2.63. The average molecular weight is 526 g/mol. The molecule has 0 aliphatic carbocycles. The van der Waals surface area contributed by atoms with E-state index in [2.05, 4.69) is 11.1 Å². The normalized spacial score (nSPS) is 18.6. The van der Waals surface area contributed by atoms with Crippen molar-refractivity contribution in [3.05, 3.63) is 89.1 Å². The van der Waals surface area contributed by atoms with E-state index in [1.54, 1.807) is 31.1 Å². The van der Waals surface area contributed by atoms with E-state index >= 15 is 0 Å². The molecule has 2 amide bonds. The third kappa shape index (κ3) is 4.16. The van der Waals surface area contributed by atoms with Crippen LogP contribution >= 0.6 is 0 Å². The lowest BCUT2D eigenvalue weighted by atomic mass is 9.86. The Labute approximate surface area is 227 Å². The van der Waals surface area contributed by atoms with Crippen LogP contribution in [0, 0.1) is 0 Å². The van der Waals surface area contributed by atoms with Gasteiger partial charge in [-0.15, -0.1) is 0 Å². The first kappa shape index (κ1) is 24.9. The number of aromatic amines is 1. The summed E-state index contributed by atoms with van der Waals surface area (Å²) in [4.78, 5) is 34.9. The molecular weight excluding hydrogens is 494 g/mol. The fourth-order valence-corrected chi connectivity index (χ4v) is 6.03. The molecule has 3 heterocycles. The van der Waals surface area contributed by atoms with Crippen molar-refractivity contribution in [2.75, 3.05) is 34.4 Å². The molecule has 0 radical (unpaired) electrons. The summed E-state index contributed by atoms with van der Waals surface area (Å²) in [6.07, 6.45) is 1.06. The number of nitrogens with zero attached hydrogens (tertiary/aromatic N) is 2. The van der Waals surface area contributed by atoms with Crippen molar-refractivity contribution < 1.29 is 23.8 Å². The fourth-order valence-electron chi connectivity index (χ4n) is 6.03. The van der Waals surface area contributed by atoms with Gasteiger partial charge in [0.1, 0.15) is 17.8 Å². The number of aromatic nitrogens is 1. The standard InChI is InChI=1S/C31H31N3O5/c1-37-25-11-7-5-9-21(25)30-29-22(20-8-4-6-10-23(20)32-29)17-24-31(36)33(18-28(35)34(24)30)15-14-19-12-13-26(38-2)27(16-19)39-3/h4-13,16,24,30,32H,14-15,17-18H2,1-3H3/t24-,30+/m0/s1. The Morgan fingerprint density at radius 1 is 0.872 bits per heavy atom. The maximum absolute atomic E-state index is 14.0. The average Bonchev–Trinajstić information content (AvgIpc) is 3.35. The van der Waals surface area contributed by atoms with Gasteiger partial charge in [0, 0.05) is 35.1 Å². The molecule has 4 aromatic rings. The number of ether oxygens (including phenoxy) is 3. The van der Waals surface area contributed by atoms with Crippen LogP contribution in [0.5, 0.6) is 17.2 Å². The van der Waals surface area contributed by atoms with Gasteiger partial charge in [0.25, 0.3) is 0 Å². The predicted molar refractivity (Wildman–Crippen MR) is 147 cm³/mol. The van der Waals surface area contributed by atoms with Gasteiger partial charge in [-0.05, 0) is 41.8 Å². The Bertz CT molecular complexity index is 1560. The van der Waals surface area contributed by atoms with Crippen LogP contribution in [0.3, 0.4) is 0 Å². The summed E-state index contributed by atoms with van der Waals surface area (Å²) in [5, 5.41) is 1.08. The van der Waals surface area contributed by atoms with Crippen molar-refractivity contribution in [1.82, 2.24) is 14.8 Å². The zero-order chi connectivity index (χ0) is 27.1. The van der Waals surface area contributed by atoms with E-state index in [1.165, 1.54) is 0 Å². The Kier molecular flexibility index (Phi) is 6.38. The number of carbonyl (C=O) groups excluding carboxylic acids is 2. The summed E-state index contributed by atoms with van der Waals surface area (Å²) >= 11 is 0. The molecule has 2 aliphatic rings. The molecule has 8 heteroatoms. The first-order valence-electron chi connectivity index (χ1n) is 13.1. The van der Waals surface area contributed by atoms with Gasteiger partial charge >= 0.3 is 0 Å². The third-order valence-electron chi connectivity index (χ3n) is 7.89. The molecule has 2 atom stereocenters. The van der Waals surface area contributed by atoms with Gasteiger partial charge in [-0.1, -0.05) is 42.5 Å². The maximum Gasteiger partial charge on any atom is 0.246 e. The topological polar surface area (TPSA) is 84.1 Å². The number of fused-ring (bicyclic) bond motifs is 4. The first-order chi connectivity index (χ1) is 19.0. The summed E-state index contributed by atoms with van der Waals surface area (Å²) in [7, 11) is 4.83. The Hall–Kier alpha value is -4.46. The number of rotatable bonds is 7. The number of hydrogen-bond acceptors (Lipinski definition) is 5. The Morgan fingerprint density at radius 3 is 2.41 bits per heavy atom. The molecule has 2 aliphatic heterocycles. The van der Waals surface area contributed by atoms with Crippen molar-refractivity contribution in [2.45, 2.75) is 24.9 Å². The summed E-state index contributed by atoms with van der Waals surface area (Å²) in [5.74, 6) is 1.86. The van der Waals surface area contributed by atoms with Gasteiger partial charge in [-0.2, -0.15) is 0 Å². The van der Waals surface area contributed by atoms with Gasteiger partial charge in [0.15, 0.2) is 11.5 Å². The fraction of sp³-hybridized carbons (Fsp3) is 0.290. The number of amides is 2. The summed E-state index contributed by atoms with van der Waals surface area (Å²) < 4.78 is 16.5. The lowest BCUT2D eigenvalue weighted by Gasteiger charge is -2.47. The molecule has 0 bridgehead atoms. The number of nitrogens with one attached hydrogen (secondary N) is 1. The molecule has 1 N–H and O–H groups in total. The van der Waals surface area contributed by atoms with E-state index in [1.807, 2.05) is 60.7 Å². The number of para-hydroxylation sites is 2. The Balaban J connectivity index is 1.36. The van der Waals surface area contributed by atoms with Crippen LogP contribution in [0.4, 0.5) is 0 Å². The number of benzene rings is 3. The van der Waals surface area contributed by atoms with Crippen molar-refractivity contribution >= 4 is 22.7 Å². The molecule has 1 saturated heterocycles. The van der Waals surface area contributed by atoms with Gasteiger partial charge in [-0.3, -0.25) is 9.59 Å². The van der Waals surface area contributed by atoms with Crippen LogP contribution in [0.2, 0.25) is 0 Å². The number of H-pyrrole nitrogens is 1. The quantitative estimate of drug-likeness (QED) is 0.393. The van der Waals surface area contributed by atoms with Gasteiger partial charge < -0.3 is 29.0 Å². The largest absolute Gasteiger partial charge is 0.496 e. The highest BCUT2D eigenvalue weighted by Gasteiger charge is 2.48. The van der Waals surface area contributed by atoms with Crippen LogP contribution in [0.15, 0.2) is 66.7 Å². The second kappa shape index (κ2) is 10.0. The number of hydrogen-bond donors (Lipinski definition) is 1.